The van der Waals surface area contributed by atoms with Gasteiger partial charge in [-0.25, -0.2) is 4.68 Å². The monoisotopic (exact) mass is 297 g/mol. The molecular formula is C16H19N5O. The molecular weight excluding hydrogens is 278 g/mol. The number of nitrogens with zero attached hydrogens (tertiary/aromatic N) is 3. The lowest BCUT2D eigenvalue weighted by molar-refractivity contribution is -0.115. The summed E-state index contributed by atoms with van der Waals surface area (Å²) in [7, 11) is 0. The Kier molecular flexibility index (Phi) is 3.44. The van der Waals surface area contributed by atoms with Gasteiger partial charge in [-0.05, 0) is 24.0 Å². The Bertz CT molecular complexity index is 742. The van der Waals surface area contributed by atoms with Crippen LogP contribution in [-0.4, -0.2) is 20.7 Å². The van der Waals surface area contributed by atoms with Crippen LogP contribution in [0.2, 0.25) is 0 Å². The molecule has 0 bridgehead atoms. The molecule has 3 N–H and O–H groups in total. The number of carbonyl (C=O) groups is 1. The molecule has 0 fully saturated rings. The summed E-state index contributed by atoms with van der Waals surface area (Å²) in [6.07, 6.45) is 1.47. The van der Waals surface area contributed by atoms with Gasteiger partial charge >= 0.3 is 0 Å². The van der Waals surface area contributed by atoms with E-state index in [1.165, 1.54) is 11.9 Å². The van der Waals surface area contributed by atoms with E-state index in [-0.39, 0.29) is 6.04 Å². The summed E-state index contributed by atoms with van der Waals surface area (Å²) in [5.74, 6) is 0.612. The highest BCUT2D eigenvalue weighted by molar-refractivity contribution is 5.95. The number of rotatable bonds is 3. The van der Waals surface area contributed by atoms with Gasteiger partial charge in [0.05, 0.1) is 5.57 Å². The van der Waals surface area contributed by atoms with Crippen molar-refractivity contribution in [1.82, 2.24) is 14.8 Å². The number of primary amides is 1. The molecule has 1 aliphatic heterocycles. The van der Waals surface area contributed by atoms with Crippen LogP contribution in [0, 0.1) is 0 Å². The molecule has 0 aliphatic carbocycles. The molecule has 2 aromatic rings. The second kappa shape index (κ2) is 5.29. The van der Waals surface area contributed by atoms with Crippen molar-refractivity contribution in [3.05, 3.63) is 53.0 Å². The number of benzene rings is 1. The van der Waals surface area contributed by atoms with Crippen molar-refractivity contribution in [3.8, 4) is 0 Å². The van der Waals surface area contributed by atoms with Crippen LogP contribution in [0.25, 0.3) is 0 Å². The average molecular weight is 297 g/mol. The molecule has 114 valence electrons. The summed E-state index contributed by atoms with van der Waals surface area (Å²) in [4.78, 5) is 16.1. The Labute approximate surface area is 129 Å². The highest BCUT2D eigenvalue weighted by atomic mass is 16.1. The lowest BCUT2D eigenvalue weighted by Crippen LogP contribution is -2.31. The molecule has 0 saturated heterocycles. The van der Waals surface area contributed by atoms with Crippen LogP contribution in [-0.2, 0) is 4.79 Å². The smallest absolute Gasteiger partial charge is 0.248 e. The minimum Gasteiger partial charge on any atom is -0.366 e. The Hall–Kier alpha value is -2.63. The summed E-state index contributed by atoms with van der Waals surface area (Å²) >= 11 is 0. The lowest BCUT2D eigenvalue weighted by Gasteiger charge is -2.27. The molecule has 1 atom stereocenters. The topological polar surface area (TPSA) is 85.8 Å². The number of allylic oxidation sites excluding steroid dienone is 1. The van der Waals surface area contributed by atoms with Crippen molar-refractivity contribution in [1.29, 1.82) is 0 Å². The maximum Gasteiger partial charge on any atom is 0.248 e. The maximum absolute atomic E-state index is 11.9. The summed E-state index contributed by atoms with van der Waals surface area (Å²) in [6.45, 7) is 6.12. The van der Waals surface area contributed by atoms with Crippen LogP contribution >= 0.6 is 0 Å². The van der Waals surface area contributed by atoms with E-state index in [4.69, 9.17) is 5.73 Å². The largest absolute Gasteiger partial charge is 0.366 e. The molecule has 1 amide bonds. The number of aromatic nitrogens is 3. The van der Waals surface area contributed by atoms with E-state index >= 15 is 0 Å². The van der Waals surface area contributed by atoms with Crippen molar-refractivity contribution in [3.63, 3.8) is 0 Å². The molecule has 1 aromatic carbocycles. The van der Waals surface area contributed by atoms with Gasteiger partial charge in [0.25, 0.3) is 0 Å². The first kappa shape index (κ1) is 14.3. The van der Waals surface area contributed by atoms with Crippen molar-refractivity contribution in [2.75, 3.05) is 5.32 Å². The summed E-state index contributed by atoms with van der Waals surface area (Å²) in [6, 6.07) is 7.84. The normalized spacial score (nSPS) is 17.4. The van der Waals surface area contributed by atoms with Gasteiger partial charge in [0.15, 0.2) is 0 Å². The predicted molar refractivity (Wildman–Crippen MR) is 84.2 cm³/mol. The highest BCUT2D eigenvalue weighted by Gasteiger charge is 2.32. The molecule has 0 unspecified atom stereocenters. The molecule has 0 radical (unpaired) electrons. The summed E-state index contributed by atoms with van der Waals surface area (Å²) < 4.78 is 1.69. The fourth-order valence-electron chi connectivity index (χ4n) is 2.78. The molecule has 3 rings (SSSR count). The number of amides is 1. The van der Waals surface area contributed by atoms with E-state index < -0.39 is 5.91 Å². The molecule has 0 spiro atoms. The van der Waals surface area contributed by atoms with E-state index in [0.29, 0.717) is 23.1 Å². The maximum atomic E-state index is 11.9. The van der Waals surface area contributed by atoms with Crippen molar-refractivity contribution in [2.24, 2.45) is 5.73 Å². The second-order valence-corrected chi connectivity index (χ2v) is 5.78. The molecule has 2 heterocycles. The number of carbonyl (C=O) groups excluding carboxylic acids is 1. The number of fused-ring (bicyclic) bond motifs is 1. The zero-order chi connectivity index (χ0) is 15.9. The van der Waals surface area contributed by atoms with Gasteiger partial charge < -0.3 is 11.1 Å². The molecule has 0 saturated carbocycles. The van der Waals surface area contributed by atoms with Gasteiger partial charge in [0.2, 0.25) is 11.9 Å². The van der Waals surface area contributed by atoms with Crippen LogP contribution in [0.5, 0.6) is 0 Å². The Morgan fingerprint density at radius 3 is 2.59 bits per heavy atom. The third-order valence-corrected chi connectivity index (χ3v) is 3.98. The third-order valence-electron chi connectivity index (χ3n) is 3.98. The fourth-order valence-corrected chi connectivity index (χ4v) is 2.78. The van der Waals surface area contributed by atoms with E-state index in [0.717, 1.165) is 5.56 Å². The fraction of sp³-hybridized carbons (Fsp3) is 0.312. The average Bonchev–Trinajstić information content (AvgIpc) is 2.93. The van der Waals surface area contributed by atoms with Crippen molar-refractivity contribution in [2.45, 2.75) is 32.7 Å². The molecule has 6 nitrogen and oxygen atoms in total. The van der Waals surface area contributed by atoms with Gasteiger partial charge in [0.1, 0.15) is 12.4 Å². The number of hydrogen-bond acceptors (Lipinski definition) is 4. The SMILES string of the molecule is CC1=C(C(N)=O)[C@@H](c2ccc(C(C)C)cc2)n2ncnc2N1. The van der Waals surface area contributed by atoms with Crippen LogP contribution in [0.4, 0.5) is 5.95 Å². The molecule has 1 aromatic heterocycles. The minimum absolute atomic E-state index is 0.350. The van der Waals surface area contributed by atoms with E-state index in [1.54, 1.807) is 4.68 Å². The zero-order valence-corrected chi connectivity index (χ0v) is 12.9. The Morgan fingerprint density at radius 1 is 1.32 bits per heavy atom. The molecule has 1 aliphatic rings. The Morgan fingerprint density at radius 2 is 2.00 bits per heavy atom. The van der Waals surface area contributed by atoms with Gasteiger partial charge in [0, 0.05) is 5.70 Å². The van der Waals surface area contributed by atoms with Crippen LogP contribution in [0.15, 0.2) is 41.9 Å². The Balaban J connectivity index is 2.12. The molecule has 22 heavy (non-hydrogen) atoms. The third kappa shape index (κ3) is 2.26. The summed E-state index contributed by atoms with van der Waals surface area (Å²) in [5, 5.41) is 7.31. The standard InChI is InChI=1S/C16H19N5O/c1-9(2)11-4-6-12(7-5-11)14-13(15(17)22)10(3)20-16-18-8-19-21(14)16/h4-9,14H,1-3H3,(H2,17,22)(H,18,19,20)/t14-/m1/s1. The number of nitrogens with two attached hydrogens (primary N) is 1. The quantitative estimate of drug-likeness (QED) is 0.909. The highest BCUT2D eigenvalue weighted by Crippen LogP contribution is 2.34. The van der Waals surface area contributed by atoms with Gasteiger partial charge in [-0.2, -0.15) is 10.1 Å². The van der Waals surface area contributed by atoms with Crippen LogP contribution in [0.3, 0.4) is 0 Å². The summed E-state index contributed by atoms with van der Waals surface area (Å²) in [5.41, 5.74) is 9.03. The second-order valence-electron chi connectivity index (χ2n) is 5.78. The van der Waals surface area contributed by atoms with Gasteiger partial charge in [-0.3, -0.25) is 4.79 Å². The van der Waals surface area contributed by atoms with Crippen LogP contribution in [0.1, 0.15) is 43.9 Å². The van der Waals surface area contributed by atoms with E-state index in [1.807, 2.05) is 19.1 Å². The van der Waals surface area contributed by atoms with Crippen LogP contribution < -0.4 is 11.1 Å². The first-order valence-corrected chi connectivity index (χ1v) is 7.26. The first-order valence-electron chi connectivity index (χ1n) is 7.26. The first-order chi connectivity index (χ1) is 10.5. The van der Waals surface area contributed by atoms with E-state index in [2.05, 4.69) is 41.4 Å². The zero-order valence-electron chi connectivity index (χ0n) is 12.9. The van der Waals surface area contributed by atoms with Crippen molar-refractivity contribution >= 4 is 11.9 Å². The number of hydrogen-bond donors (Lipinski definition) is 2. The van der Waals surface area contributed by atoms with Crippen molar-refractivity contribution < 1.29 is 4.79 Å². The van der Waals surface area contributed by atoms with E-state index in [9.17, 15) is 4.79 Å². The molecule has 6 heteroatoms. The predicted octanol–water partition coefficient (Wildman–Crippen LogP) is 2.18. The lowest BCUT2D eigenvalue weighted by atomic mass is 9.93. The number of anilines is 1. The van der Waals surface area contributed by atoms with Gasteiger partial charge in [-0.15, -0.1) is 0 Å². The number of nitrogens with one attached hydrogen (secondary N) is 1. The van der Waals surface area contributed by atoms with Gasteiger partial charge in [-0.1, -0.05) is 38.1 Å². The minimum atomic E-state index is -0.455.